The molecule has 0 amide bonds. The number of carboxylic acids is 1. The molecule has 8 heteroatoms. The fourth-order valence-corrected chi connectivity index (χ4v) is 2.42. The summed E-state index contributed by atoms with van der Waals surface area (Å²) in [7, 11) is -2.08. The molecule has 0 aliphatic rings. The molecule has 0 saturated heterocycles. The van der Waals surface area contributed by atoms with Crippen molar-refractivity contribution in [2.75, 3.05) is 26.7 Å². The number of nitrogens with zero attached hydrogens (tertiary/aromatic N) is 1. The van der Waals surface area contributed by atoms with Crippen LogP contribution >= 0.6 is 0 Å². The van der Waals surface area contributed by atoms with Crippen molar-refractivity contribution in [2.45, 2.75) is 39.2 Å². The van der Waals surface area contributed by atoms with Gasteiger partial charge in [0.2, 0.25) is 0 Å². The Morgan fingerprint density at radius 1 is 1.42 bits per heavy atom. The van der Waals surface area contributed by atoms with Crippen LogP contribution < -0.4 is 4.72 Å². The third-order valence-electron chi connectivity index (χ3n) is 2.53. The molecule has 0 aromatic rings. The zero-order chi connectivity index (χ0) is 14.9. The number of carboxylic acid groups (broad SMARTS) is 1. The Morgan fingerprint density at radius 2 is 2.05 bits per heavy atom. The van der Waals surface area contributed by atoms with Gasteiger partial charge in [-0.3, -0.25) is 4.79 Å². The van der Waals surface area contributed by atoms with Gasteiger partial charge in [-0.25, -0.2) is 0 Å². The van der Waals surface area contributed by atoms with Crippen molar-refractivity contribution in [2.24, 2.45) is 0 Å². The fourth-order valence-electron chi connectivity index (χ4n) is 1.43. The Hall–Kier alpha value is -0.700. The van der Waals surface area contributed by atoms with Crippen LogP contribution in [0.2, 0.25) is 0 Å². The molecule has 0 aromatic carbocycles. The Labute approximate surface area is 115 Å². The normalized spacial score (nSPS) is 13.7. The van der Waals surface area contributed by atoms with Crippen LogP contribution in [0, 0.1) is 0 Å². The van der Waals surface area contributed by atoms with Crippen LogP contribution in [0.5, 0.6) is 0 Å². The third-order valence-corrected chi connectivity index (χ3v) is 4.07. The molecule has 19 heavy (non-hydrogen) atoms. The summed E-state index contributed by atoms with van der Waals surface area (Å²) >= 11 is 0. The van der Waals surface area contributed by atoms with Gasteiger partial charge in [-0.2, -0.15) is 17.4 Å². The maximum atomic E-state index is 11.8. The van der Waals surface area contributed by atoms with Gasteiger partial charge in [-0.1, -0.05) is 13.3 Å². The van der Waals surface area contributed by atoms with Crippen LogP contribution in [0.15, 0.2) is 0 Å². The number of rotatable bonds is 11. The van der Waals surface area contributed by atoms with E-state index in [9.17, 15) is 13.2 Å². The van der Waals surface area contributed by atoms with Gasteiger partial charge in [0.05, 0.1) is 12.5 Å². The number of carbonyl (C=O) groups is 1. The average Bonchev–Trinajstić information content (AvgIpc) is 2.32. The molecule has 2 N–H and O–H groups in total. The monoisotopic (exact) mass is 296 g/mol. The highest BCUT2D eigenvalue weighted by Crippen LogP contribution is 2.02. The first-order valence-corrected chi connectivity index (χ1v) is 7.81. The fraction of sp³-hybridized carbons (Fsp3) is 0.909. The van der Waals surface area contributed by atoms with Crippen LogP contribution in [0.4, 0.5) is 0 Å². The molecule has 0 aromatic heterocycles. The summed E-state index contributed by atoms with van der Waals surface area (Å²) in [6, 6.07) is 0. The van der Waals surface area contributed by atoms with Crippen molar-refractivity contribution in [3.05, 3.63) is 0 Å². The Morgan fingerprint density at radius 3 is 2.53 bits per heavy atom. The van der Waals surface area contributed by atoms with E-state index in [1.807, 2.05) is 6.92 Å². The minimum absolute atomic E-state index is 0.0427. The van der Waals surface area contributed by atoms with Crippen molar-refractivity contribution in [3.8, 4) is 0 Å². The topological polar surface area (TPSA) is 95.9 Å². The van der Waals surface area contributed by atoms with E-state index in [2.05, 4.69) is 4.72 Å². The molecule has 1 atom stereocenters. The molecular weight excluding hydrogens is 272 g/mol. The number of ether oxygens (including phenoxy) is 1. The molecule has 0 spiro atoms. The highest BCUT2D eigenvalue weighted by Gasteiger charge is 2.20. The highest BCUT2D eigenvalue weighted by atomic mass is 32.2. The lowest BCUT2D eigenvalue weighted by atomic mass is 10.2. The van der Waals surface area contributed by atoms with Gasteiger partial charge in [0.15, 0.2) is 0 Å². The van der Waals surface area contributed by atoms with Crippen LogP contribution in [-0.4, -0.2) is 56.6 Å². The van der Waals surface area contributed by atoms with Gasteiger partial charge >= 0.3 is 5.97 Å². The Kier molecular flexibility index (Phi) is 8.90. The second-order valence-electron chi connectivity index (χ2n) is 4.20. The predicted octanol–water partition coefficient (Wildman–Crippen LogP) is 0.433. The first kappa shape index (κ1) is 18.3. The molecular formula is C11H24N2O5S. The van der Waals surface area contributed by atoms with Gasteiger partial charge in [0.25, 0.3) is 10.2 Å². The maximum Gasteiger partial charge on any atom is 0.306 e. The second-order valence-corrected chi connectivity index (χ2v) is 6.07. The summed E-state index contributed by atoms with van der Waals surface area (Å²) in [4.78, 5) is 10.6. The van der Waals surface area contributed by atoms with E-state index in [1.54, 1.807) is 6.92 Å². The highest BCUT2D eigenvalue weighted by molar-refractivity contribution is 7.87. The summed E-state index contributed by atoms with van der Waals surface area (Å²) in [5.74, 6) is -1.02. The third kappa shape index (κ3) is 8.14. The van der Waals surface area contributed by atoms with Gasteiger partial charge in [0, 0.05) is 26.7 Å². The van der Waals surface area contributed by atoms with E-state index in [4.69, 9.17) is 9.84 Å². The van der Waals surface area contributed by atoms with E-state index < -0.39 is 22.3 Å². The largest absolute Gasteiger partial charge is 0.481 e. The van der Waals surface area contributed by atoms with Crippen LogP contribution in [-0.2, 0) is 19.7 Å². The molecule has 0 bridgehead atoms. The number of hydrogen-bond acceptors (Lipinski definition) is 4. The Bertz CT molecular complexity index is 358. The smallest absolute Gasteiger partial charge is 0.306 e. The van der Waals surface area contributed by atoms with Gasteiger partial charge in [-0.15, -0.1) is 0 Å². The standard InChI is InChI=1S/C11H24N2O5S/c1-4-6-7-13(3)19(16,17)12-9-10(18-5-2)8-11(14)15/h10,12H,4-9H2,1-3H3,(H,14,15). The molecule has 0 aliphatic heterocycles. The van der Waals surface area contributed by atoms with E-state index in [-0.39, 0.29) is 13.0 Å². The predicted molar refractivity (Wildman–Crippen MR) is 72.1 cm³/mol. The summed E-state index contributed by atoms with van der Waals surface area (Å²) in [6.45, 7) is 4.44. The first-order valence-electron chi connectivity index (χ1n) is 6.37. The van der Waals surface area contributed by atoms with Crippen molar-refractivity contribution in [1.82, 2.24) is 9.03 Å². The molecule has 0 heterocycles. The average molecular weight is 296 g/mol. The maximum absolute atomic E-state index is 11.8. The summed E-state index contributed by atoms with van der Waals surface area (Å²) in [5, 5.41) is 8.70. The van der Waals surface area contributed by atoms with E-state index in [0.717, 1.165) is 12.8 Å². The number of hydrogen-bond donors (Lipinski definition) is 2. The summed E-state index contributed by atoms with van der Waals surface area (Å²) in [6.07, 6.45) is 0.800. The Balaban J connectivity index is 4.35. The van der Waals surface area contributed by atoms with Crippen LogP contribution in [0.3, 0.4) is 0 Å². The first-order chi connectivity index (χ1) is 8.83. The molecule has 0 aliphatic carbocycles. The molecule has 0 radical (unpaired) electrons. The summed E-state index contributed by atoms with van der Waals surface area (Å²) in [5.41, 5.74) is 0. The van der Waals surface area contributed by atoms with Gasteiger partial charge in [0.1, 0.15) is 0 Å². The molecule has 0 saturated carbocycles. The van der Waals surface area contributed by atoms with E-state index >= 15 is 0 Å². The quantitative estimate of drug-likeness (QED) is 0.576. The minimum atomic E-state index is -3.57. The van der Waals surface area contributed by atoms with Crippen molar-refractivity contribution in [1.29, 1.82) is 0 Å². The van der Waals surface area contributed by atoms with Gasteiger partial charge < -0.3 is 9.84 Å². The number of nitrogens with one attached hydrogen (secondary N) is 1. The van der Waals surface area contributed by atoms with E-state index in [1.165, 1.54) is 11.4 Å². The number of aliphatic carboxylic acids is 1. The molecule has 114 valence electrons. The second kappa shape index (κ2) is 9.24. The molecule has 0 rings (SSSR count). The van der Waals surface area contributed by atoms with Crippen LogP contribution in [0.1, 0.15) is 33.1 Å². The molecule has 0 fully saturated rings. The van der Waals surface area contributed by atoms with Crippen LogP contribution in [0.25, 0.3) is 0 Å². The van der Waals surface area contributed by atoms with Crippen molar-refractivity contribution >= 4 is 16.2 Å². The number of unbranched alkanes of at least 4 members (excludes halogenated alkanes) is 1. The van der Waals surface area contributed by atoms with E-state index in [0.29, 0.717) is 13.2 Å². The van der Waals surface area contributed by atoms with Crippen molar-refractivity contribution < 1.29 is 23.1 Å². The molecule has 7 nitrogen and oxygen atoms in total. The zero-order valence-electron chi connectivity index (χ0n) is 11.8. The lowest BCUT2D eigenvalue weighted by molar-refractivity contribution is -0.140. The SMILES string of the molecule is CCCCN(C)S(=O)(=O)NCC(CC(=O)O)OCC. The minimum Gasteiger partial charge on any atom is -0.481 e. The zero-order valence-corrected chi connectivity index (χ0v) is 12.6. The lowest BCUT2D eigenvalue weighted by Crippen LogP contribution is -2.43. The van der Waals surface area contributed by atoms with Crippen molar-refractivity contribution in [3.63, 3.8) is 0 Å². The molecule has 1 unspecified atom stereocenters. The summed E-state index contributed by atoms with van der Waals surface area (Å²) < 4.78 is 32.5. The lowest BCUT2D eigenvalue weighted by Gasteiger charge is -2.20. The van der Waals surface area contributed by atoms with Gasteiger partial charge in [-0.05, 0) is 13.3 Å².